The summed E-state index contributed by atoms with van der Waals surface area (Å²) in [6, 6.07) is 0. The van der Waals surface area contributed by atoms with E-state index in [1.165, 1.54) is 10.7 Å². The molecule has 1 aromatic heterocycles. The summed E-state index contributed by atoms with van der Waals surface area (Å²) in [5.74, 6) is 0.478. The summed E-state index contributed by atoms with van der Waals surface area (Å²) in [7, 11) is 0. The minimum absolute atomic E-state index is 0.00897. The Balaban J connectivity index is 2.58. The van der Waals surface area contributed by atoms with Gasteiger partial charge in [-0.25, -0.2) is 0 Å². The number of hydrogen-bond acceptors (Lipinski definition) is 3. The Morgan fingerprint density at radius 2 is 1.26 bits per heavy atom. The molecule has 0 radical (unpaired) electrons. The van der Waals surface area contributed by atoms with Crippen LogP contribution in [0.2, 0.25) is 29.6 Å². The standard InChI is InChI=1S/C11H11NO2S.6CH3.2Sn/c1-7(2)3-4-12-10(13)8-5-15-6-9(8)11(12)14;;;;;;;;/h7H,3-4H2,1-2H3;6*1H3;;. The monoisotopic (exact) mass is 551 g/mol. The third-order valence-electron chi connectivity index (χ3n) is 4.12. The van der Waals surface area contributed by atoms with Crippen LogP contribution in [-0.4, -0.2) is 60.0 Å². The Hall–Kier alpha value is 0.437. The SMILES string of the molecule is CC(C)CCN1C(=O)c2[c]([Sn]([CH3])([CH3])[CH3])s[c]([Sn]([CH3])([CH3])[CH3])c2C1=O. The van der Waals surface area contributed by atoms with E-state index < -0.39 is 36.8 Å². The van der Waals surface area contributed by atoms with Crippen LogP contribution in [0.25, 0.3) is 0 Å². The molecule has 0 saturated heterocycles. The van der Waals surface area contributed by atoms with Crippen LogP contribution in [0, 0.1) is 5.92 Å². The normalized spacial score (nSPS) is 15.8. The third kappa shape index (κ3) is 3.83. The van der Waals surface area contributed by atoms with E-state index in [1.807, 2.05) is 11.3 Å². The van der Waals surface area contributed by atoms with Gasteiger partial charge in [0.05, 0.1) is 0 Å². The van der Waals surface area contributed by atoms with Crippen LogP contribution in [0.4, 0.5) is 0 Å². The second kappa shape index (κ2) is 6.63. The first-order chi connectivity index (χ1) is 10.4. The van der Waals surface area contributed by atoms with E-state index in [9.17, 15) is 9.59 Å². The molecule has 128 valence electrons. The number of imide groups is 1. The summed E-state index contributed by atoms with van der Waals surface area (Å²) >= 11 is -3.03. The number of thiophene rings is 1. The van der Waals surface area contributed by atoms with Gasteiger partial charge in [-0.15, -0.1) is 0 Å². The summed E-state index contributed by atoms with van der Waals surface area (Å²) in [5, 5.41) is 0. The van der Waals surface area contributed by atoms with Crippen molar-refractivity contribution in [1.82, 2.24) is 4.90 Å². The molecule has 1 aromatic rings. The molecular weight excluding hydrogens is 520 g/mol. The maximum atomic E-state index is 13.0. The van der Waals surface area contributed by atoms with Crippen LogP contribution in [0.3, 0.4) is 0 Å². The molecule has 0 unspecified atom stereocenters. The second-order valence-corrected chi connectivity index (χ2v) is 40.6. The molecule has 0 N–H and O–H groups in total. The fourth-order valence-electron chi connectivity index (χ4n) is 2.85. The Labute approximate surface area is 152 Å². The quantitative estimate of drug-likeness (QED) is 0.417. The van der Waals surface area contributed by atoms with E-state index in [0.29, 0.717) is 12.5 Å². The first-order valence-corrected chi connectivity index (χ1v) is 29.2. The van der Waals surface area contributed by atoms with Crippen LogP contribution in [0.1, 0.15) is 41.0 Å². The van der Waals surface area contributed by atoms with Crippen molar-refractivity contribution in [2.45, 2.75) is 49.9 Å². The number of hydrogen-bond donors (Lipinski definition) is 0. The predicted octanol–water partition coefficient (Wildman–Crippen LogP) is 3.48. The molecule has 0 saturated carbocycles. The minimum atomic E-state index is -2.43. The number of fused-ring (bicyclic) bond motifs is 1. The Kier molecular flexibility index (Phi) is 5.70. The van der Waals surface area contributed by atoms with Gasteiger partial charge in [0, 0.05) is 0 Å². The number of carbonyl (C=O) groups is 2. The molecule has 0 atom stereocenters. The average molecular weight is 549 g/mol. The van der Waals surface area contributed by atoms with Crippen LogP contribution >= 0.6 is 11.3 Å². The van der Waals surface area contributed by atoms with Gasteiger partial charge in [0.25, 0.3) is 0 Å². The van der Waals surface area contributed by atoms with Crippen LogP contribution in [0.15, 0.2) is 0 Å². The molecule has 1 aliphatic heterocycles. The zero-order valence-electron chi connectivity index (χ0n) is 15.7. The van der Waals surface area contributed by atoms with Gasteiger partial charge >= 0.3 is 154 Å². The van der Waals surface area contributed by atoms with Crippen molar-refractivity contribution in [3.8, 4) is 0 Å². The molecule has 23 heavy (non-hydrogen) atoms. The topological polar surface area (TPSA) is 37.4 Å². The number of amides is 2. The van der Waals surface area contributed by atoms with Gasteiger partial charge in [0.2, 0.25) is 0 Å². The van der Waals surface area contributed by atoms with Crippen molar-refractivity contribution in [3.05, 3.63) is 11.1 Å². The molecule has 2 amide bonds. The molecular formula is C17H29NO2SSn2. The second-order valence-electron chi connectivity index (χ2n) is 8.95. The van der Waals surface area contributed by atoms with Gasteiger partial charge in [-0.1, -0.05) is 0 Å². The van der Waals surface area contributed by atoms with Crippen LogP contribution in [-0.2, 0) is 0 Å². The van der Waals surface area contributed by atoms with E-state index in [0.717, 1.165) is 17.5 Å². The summed E-state index contributed by atoms with van der Waals surface area (Å²) in [6.07, 6.45) is 0.882. The molecule has 0 aromatic carbocycles. The van der Waals surface area contributed by atoms with E-state index >= 15 is 0 Å². The summed E-state index contributed by atoms with van der Waals surface area (Å²) in [6.45, 7) is 4.83. The Morgan fingerprint density at radius 1 is 0.870 bits per heavy atom. The van der Waals surface area contributed by atoms with Crippen molar-refractivity contribution in [3.63, 3.8) is 0 Å². The zero-order valence-corrected chi connectivity index (χ0v) is 22.2. The van der Waals surface area contributed by atoms with Crippen molar-refractivity contribution in [1.29, 1.82) is 0 Å². The molecule has 2 heterocycles. The Morgan fingerprint density at radius 3 is 1.57 bits per heavy atom. The van der Waals surface area contributed by atoms with E-state index in [-0.39, 0.29) is 11.8 Å². The van der Waals surface area contributed by atoms with Crippen molar-refractivity contribution >= 4 is 65.7 Å². The van der Waals surface area contributed by atoms with Crippen molar-refractivity contribution < 1.29 is 9.59 Å². The molecule has 0 aliphatic carbocycles. The molecule has 1 aliphatic rings. The van der Waals surface area contributed by atoms with Gasteiger partial charge in [-0.3, -0.25) is 0 Å². The summed E-state index contributed by atoms with van der Waals surface area (Å²) in [5.41, 5.74) is 1.63. The molecule has 0 spiro atoms. The van der Waals surface area contributed by atoms with Gasteiger partial charge in [0.15, 0.2) is 0 Å². The fraction of sp³-hybridized carbons (Fsp3) is 0.647. The molecule has 0 fully saturated rings. The fourth-order valence-corrected chi connectivity index (χ4v) is 19.3. The first-order valence-electron chi connectivity index (χ1n) is 8.39. The summed E-state index contributed by atoms with van der Waals surface area (Å²) in [4.78, 5) is 41.6. The molecule has 2 rings (SSSR count). The van der Waals surface area contributed by atoms with Crippen molar-refractivity contribution in [2.24, 2.45) is 5.92 Å². The number of nitrogens with zero attached hydrogens (tertiary/aromatic N) is 1. The third-order valence-corrected chi connectivity index (χ3v) is 24.1. The number of carbonyl (C=O) groups excluding carboxylic acids is 2. The zero-order chi connectivity index (χ0) is 17.7. The van der Waals surface area contributed by atoms with Gasteiger partial charge in [-0.05, 0) is 0 Å². The first kappa shape index (κ1) is 19.8. The maximum absolute atomic E-state index is 13.0. The molecule has 3 nitrogen and oxygen atoms in total. The predicted molar refractivity (Wildman–Crippen MR) is 105 cm³/mol. The van der Waals surface area contributed by atoms with Crippen LogP contribution < -0.4 is 5.79 Å². The van der Waals surface area contributed by atoms with Gasteiger partial charge in [0.1, 0.15) is 0 Å². The van der Waals surface area contributed by atoms with Gasteiger partial charge < -0.3 is 0 Å². The molecule has 6 heteroatoms. The van der Waals surface area contributed by atoms with Crippen LogP contribution in [0.5, 0.6) is 0 Å². The average Bonchev–Trinajstić information content (AvgIpc) is 2.86. The van der Waals surface area contributed by atoms with E-state index in [1.54, 1.807) is 0 Å². The number of rotatable bonds is 5. The van der Waals surface area contributed by atoms with E-state index in [2.05, 4.69) is 43.5 Å². The van der Waals surface area contributed by atoms with Crippen molar-refractivity contribution in [2.75, 3.05) is 6.54 Å². The Bertz CT molecular complexity index is 602. The van der Waals surface area contributed by atoms with E-state index in [4.69, 9.17) is 0 Å². The summed E-state index contributed by atoms with van der Waals surface area (Å²) < 4.78 is 2.61. The molecule has 0 bridgehead atoms. The van der Waals surface area contributed by atoms with Gasteiger partial charge in [-0.2, -0.15) is 0 Å².